The Labute approximate surface area is 187 Å². The Bertz CT molecular complexity index is 1180. The van der Waals surface area contributed by atoms with E-state index in [0.29, 0.717) is 11.4 Å². The first-order chi connectivity index (χ1) is 14.8. The molecule has 160 valence electrons. The van der Waals surface area contributed by atoms with Crippen LogP contribution in [0.1, 0.15) is 18.4 Å². The van der Waals surface area contributed by atoms with Gasteiger partial charge in [0.2, 0.25) is 10.0 Å². The van der Waals surface area contributed by atoms with Gasteiger partial charge in [-0.15, -0.1) is 0 Å². The highest BCUT2D eigenvalue weighted by atomic mass is 35.5. The molecule has 4 rings (SSSR count). The number of carboxylic acids is 1. The van der Waals surface area contributed by atoms with E-state index < -0.39 is 21.5 Å². The zero-order valence-electron chi connectivity index (χ0n) is 16.7. The number of aliphatic carboxylic acids is 1. The molecule has 7 heteroatoms. The summed E-state index contributed by atoms with van der Waals surface area (Å²) in [5.41, 5.74) is 1.07. The smallest absolute Gasteiger partial charge is 0.325 e. The van der Waals surface area contributed by atoms with Gasteiger partial charge in [0.25, 0.3) is 0 Å². The zero-order chi connectivity index (χ0) is 22.1. The Morgan fingerprint density at radius 3 is 2.10 bits per heavy atom. The number of carboxylic acid groups (broad SMARTS) is 1. The van der Waals surface area contributed by atoms with Crippen LogP contribution in [-0.2, 0) is 21.2 Å². The Hall–Kier alpha value is -2.67. The zero-order valence-corrected chi connectivity index (χ0v) is 18.3. The fourth-order valence-electron chi connectivity index (χ4n) is 4.19. The van der Waals surface area contributed by atoms with E-state index in [1.165, 1.54) is 16.4 Å². The lowest BCUT2D eigenvalue weighted by Gasteiger charge is -2.34. The second kappa shape index (κ2) is 8.46. The van der Waals surface area contributed by atoms with Crippen molar-refractivity contribution in [1.29, 1.82) is 0 Å². The van der Waals surface area contributed by atoms with E-state index in [0.717, 1.165) is 16.7 Å². The third-order valence-electron chi connectivity index (χ3n) is 5.79. The van der Waals surface area contributed by atoms with Crippen LogP contribution in [0.3, 0.4) is 0 Å². The van der Waals surface area contributed by atoms with Crippen LogP contribution in [0.2, 0.25) is 5.02 Å². The van der Waals surface area contributed by atoms with Gasteiger partial charge in [-0.05, 0) is 53.8 Å². The topological polar surface area (TPSA) is 74.7 Å². The number of hydrogen-bond acceptors (Lipinski definition) is 3. The summed E-state index contributed by atoms with van der Waals surface area (Å²) in [6, 6.07) is 23.0. The summed E-state index contributed by atoms with van der Waals surface area (Å²) in [7, 11) is -3.99. The molecule has 0 saturated carbocycles. The van der Waals surface area contributed by atoms with Gasteiger partial charge < -0.3 is 5.11 Å². The number of carbonyl (C=O) groups is 1. The minimum atomic E-state index is -3.99. The third kappa shape index (κ3) is 4.11. The van der Waals surface area contributed by atoms with Gasteiger partial charge in [0, 0.05) is 18.0 Å². The predicted molar refractivity (Wildman–Crippen MR) is 121 cm³/mol. The largest absolute Gasteiger partial charge is 0.480 e. The standard InChI is InChI=1S/C24H22ClNO4S/c25-21-11-7-19(8-12-21)20-9-13-22(14-10-20)31(29,30)26-16-4-15-24(26,23(27)28)17-18-5-2-1-3-6-18/h1-3,5-14H,4,15-17H2,(H,27,28). The molecule has 0 bridgehead atoms. The van der Waals surface area contributed by atoms with Crippen molar-refractivity contribution in [2.45, 2.75) is 29.7 Å². The number of rotatable bonds is 6. The van der Waals surface area contributed by atoms with Crippen LogP contribution in [0, 0.1) is 0 Å². The summed E-state index contributed by atoms with van der Waals surface area (Å²) in [5, 5.41) is 10.7. The van der Waals surface area contributed by atoms with Gasteiger partial charge >= 0.3 is 5.97 Å². The number of hydrogen-bond donors (Lipinski definition) is 1. The van der Waals surface area contributed by atoms with E-state index in [9.17, 15) is 18.3 Å². The van der Waals surface area contributed by atoms with Crippen LogP contribution in [0.25, 0.3) is 11.1 Å². The monoisotopic (exact) mass is 455 g/mol. The van der Waals surface area contributed by atoms with Gasteiger partial charge in [-0.1, -0.05) is 66.2 Å². The highest BCUT2D eigenvalue weighted by molar-refractivity contribution is 7.89. The van der Waals surface area contributed by atoms with Crippen molar-refractivity contribution in [1.82, 2.24) is 4.31 Å². The lowest BCUT2D eigenvalue weighted by molar-refractivity contribution is -0.147. The van der Waals surface area contributed by atoms with E-state index in [1.807, 2.05) is 42.5 Å². The molecule has 0 amide bonds. The average Bonchev–Trinajstić information content (AvgIpc) is 3.21. The first kappa shape index (κ1) is 21.6. The second-order valence-electron chi connectivity index (χ2n) is 7.71. The quantitative estimate of drug-likeness (QED) is 0.576. The molecule has 1 atom stereocenters. The van der Waals surface area contributed by atoms with E-state index in [-0.39, 0.29) is 24.3 Å². The molecule has 1 fully saturated rings. The van der Waals surface area contributed by atoms with E-state index in [4.69, 9.17) is 11.6 Å². The minimum absolute atomic E-state index is 0.0887. The van der Waals surface area contributed by atoms with Gasteiger partial charge in [0.05, 0.1) is 4.90 Å². The molecule has 1 aliphatic heterocycles. The normalized spacial score (nSPS) is 19.4. The lowest BCUT2D eigenvalue weighted by atomic mass is 9.89. The molecule has 3 aromatic rings. The van der Waals surface area contributed by atoms with Crippen LogP contribution < -0.4 is 0 Å². The number of benzene rings is 3. The summed E-state index contributed by atoms with van der Waals surface area (Å²) in [5.74, 6) is -1.12. The molecular weight excluding hydrogens is 434 g/mol. The van der Waals surface area contributed by atoms with Crippen molar-refractivity contribution >= 4 is 27.6 Å². The molecule has 1 N–H and O–H groups in total. The predicted octanol–water partition coefficient (Wildman–Crippen LogP) is 4.86. The molecule has 1 unspecified atom stereocenters. The van der Waals surface area contributed by atoms with Crippen LogP contribution in [-0.4, -0.2) is 35.9 Å². The molecule has 0 aliphatic carbocycles. The minimum Gasteiger partial charge on any atom is -0.480 e. The van der Waals surface area contributed by atoms with Crippen LogP contribution in [0.4, 0.5) is 0 Å². The maximum atomic E-state index is 13.5. The van der Waals surface area contributed by atoms with E-state index in [2.05, 4.69) is 0 Å². The number of sulfonamides is 1. The van der Waals surface area contributed by atoms with Gasteiger partial charge in [-0.25, -0.2) is 8.42 Å². The molecule has 5 nitrogen and oxygen atoms in total. The molecule has 0 spiro atoms. The Kier molecular flexibility index (Phi) is 5.88. The number of nitrogens with zero attached hydrogens (tertiary/aromatic N) is 1. The van der Waals surface area contributed by atoms with Crippen molar-refractivity contribution in [3.63, 3.8) is 0 Å². The molecule has 3 aromatic carbocycles. The highest BCUT2D eigenvalue weighted by Crippen LogP contribution is 2.38. The summed E-state index contributed by atoms with van der Waals surface area (Å²) in [4.78, 5) is 12.5. The molecule has 0 radical (unpaired) electrons. The molecule has 1 saturated heterocycles. The fourth-order valence-corrected chi connectivity index (χ4v) is 6.12. The van der Waals surface area contributed by atoms with E-state index >= 15 is 0 Å². The first-order valence-corrected chi connectivity index (χ1v) is 11.8. The van der Waals surface area contributed by atoms with Crippen molar-refractivity contribution in [2.75, 3.05) is 6.54 Å². The van der Waals surface area contributed by atoms with Gasteiger partial charge in [-0.3, -0.25) is 4.79 Å². The fraction of sp³-hybridized carbons (Fsp3) is 0.208. The summed E-state index contributed by atoms with van der Waals surface area (Å²) in [6.45, 7) is 0.181. The Morgan fingerprint density at radius 1 is 0.935 bits per heavy atom. The maximum absolute atomic E-state index is 13.5. The average molecular weight is 456 g/mol. The lowest BCUT2D eigenvalue weighted by Crippen LogP contribution is -2.54. The SMILES string of the molecule is O=C(O)C1(Cc2ccccc2)CCCN1S(=O)(=O)c1ccc(-c2ccc(Cl)cc2)cc1. The molecular formula is C24H22ClNO4S. The molecule has 1 aliphatic rings. The molecule has 1 heterocycles. The van der Waals surface area contributed by atoms with Gasteiger partial charge in [-0.2, -0.15) is 4.31 Å². The molecule has 31 heavy (non-hydrogen) atoms. The summed E-state index contributed by atoms with van der Waals surface area (Å²) in [6.07, 6.45) is 0.909. The first-order valence-electron chi connectivity index (χ1n) is 9.99. The van der Waals surface area contributed by atoms with Crippen molar-refractivity contribution < 1.29 is 18.3 Å². The van der Waals surface area contributed by atoms with Gasteiger partial charge in [0.15, 0.2) is 0 Å². The molecule has 0 aromatic heterocycles. The number of halogens is 1. The van der Waals surface area contributed by atoms with Crippen molar-refractivity contribution in [3.05, 3.63) is 89.4 Å². The van der Waals surface area contributed by atoms with E-state index in [1.54, 1.807) is 24.3 Å². The Balaban J connectivity index is 1.67. The van der Waals surface area contributed by atoms with Crippen LogP contribution in [0.5, 0.6) is 0 Å². The summed E-state index contributed by atoms with van der Waals surface area (Å²) >= 11 is 5.93. The van der Waals surface area contributed by atoms with Crippen molar-refractivity contribution in [2.24, 2.45) is 0 Å². The van der Waals surface area contributed by atoms with Gasteiger partial charge in [0.1, 0.15) is 5.54 Å². The summed E-state index contributed by atoms with van der Waals surface area (Å²) < 4.78 is 28.1. The second-order valence-corrected chi connectivity index (χ2v) is 10.0. The van der Waals surface area contributed by atoms with Crippen LogP contribution >= 0.6 is 11.6 Å². The maximum Gasteiger partial charge on any atom is 0.325 e. The third-order valence-corrected chi connectivity index (χ3v) is 8.02. The van der Waals surface area contributed by atoms with Crippen molar-refractivity contribution in [3.8, 4) is 11.1 Å². The highest BCUT2D eigenvalue weighted by Gasteiger charge is 2.53. The van der Waals surface area contributed by atoms with Crippen LogP contribution in [0.15, 0.2) is 83.8 Å². The Morgan fingerprint density at radius 2 is 1.52 bits per heavy atom.